The molecular weight excluding hydrogens is 250 g/mol. The van der Waals surface area contributed by atoms with Crippen molar-refractivity contribution < 1.29 is 14.8 Å². The lowest BCUT2D eigenvalue weighted by Crippen LogP contribution is -2.36. The Morgan fingerprint density at radius 2 is 2.21 bits per heavy atom. The predicted molar refractivity (Wildman–Crippen MR) is 71.2 cm³/mol. The minimum Gasteiger partial charge on any atom is -0.395 e. The van der Waals surface area contributed by atoms with E-state index in [0.29, 0.717) is 17.8 Å². The number of amides is 2. The molecule has 0 aliphatic carbocycles. The molecule has 0 aliphatic heterocycles. The van der Waals surface area contributed by atoms with Crippen LogP contribution in [0.15, 0.2) is 18.2 Å². The molecule has 19 heavy (non-hydrogen) atoms. The Labute approximate surface area is 111 Å². The van der Waals surface area contributed by atoms with E-state index in [1.165, 1.54) is 23.1 Å². The van der Waals surface area contributed by atoms with Gasteiger partial charge in [-0.25, -0.2) is 4.79 Å². The minimum absolute atomic E-state index is 0.0156. The van der Waals surface area contributed by atoms with E-state index in [-0.39, 0.29) is 24.9 Å². The number of aliphatic hydroxyl groups is 1. The summed E-state index contributed by atoms with van der Waals surface area (Å²) in [6.07, 6.45) is 0. The Morgan fingerprint density at radius 1 is 1.53 bits per heavy atom. The quantitative estimate of drug-likeness (QED) is 0.627. The van der Waals surface area contributed by atoms with E-state index in [2.05, 4.69) is 5.32 Å². The summed E-state index contributed by atoms with van der Waals surface area (Å²) in [5, 5.41) is 22.1. The van der Waals surface area contributed by atoms with E-state index in [1.54, 1.807) is 13.8 Å². The van der Waals surface area contributed by atoms with Crippen molar-refractivity contribution in [2.45, 2.75) is 13.8 Å². The number of rotatable bonds is 5. The zero-order valence-electron chi connectivity index (χ0n) is 10.9. The first-order chi connectivity index (χ1) is 8.99. The SMILES string of the molecule is CCN(CCO)C(=O)Nc1ccc([N+](=O)[O-])cc1C. The lowest BCUT2D eigenvalue weighted by Gasteiger charge is -2.20. The lowest BCUT2D eigenvalue weighted by atomic mass is 10.2. The standard InChI is InChI=1S/C12H17N3O4/c1-3-14(6-7-16)12(17)13-11-5-4-10(15(18)19)8-9(11)2/h4-5,8,16H,3,6-7H2,1-2H3,(H,13,17). The van der Waals surface area contributed by atoms with Gasteiger partial charge in [-0.3, -0.25) is 10.1 Å². The highest BCUT2D eigenvalue weighted by molar-refractivity contribution is 5.90. The zero-order chi connectivity index (χ0) is 14.4. The topological polar surface area (TPSA) is 95.7 Å². The second-order valence-corrected chi connectivity index (χ2v) is 3.99. The van der Waals surface area contributed by atoms with E-state index < -0.39 is 4.92 Å². The van der Waals surface area contributed by atoms with Crippen LogP contribution in [-0.4, -0.2) is 40.7 Å². The van der Waals surface area contributed by atoms with Crippen LogP contribution in [0.1, 0.15) is 12.5 Å². The van der Waals surface area contributed by atoms with Crippen LogP contribution in [0, 0.1) is 17.0 Å². The fourth-order valence-electron chi connectivity index (χ4n) is 1.62. The first-order valence-electron chi connectivity index (χ1n) is 5.91. The lowest BCUT2D eigenvalue weighted by molar-refractivity contribution is -0.384. The number of anilines is 1. The highest BCUT2D eigenvalue weighted by atomic mass is 16.6. The Kier molecular flexibility index (Phi) is 5.25. The van der Waals surface area contributed by atoms with Gasteiger partial charge in [0, 0.05) is 30.9 Å². The number of urea groups is 1. The van der Waals surface area contributed by atoms with Gasteiger partial charge in [0.15, 0.2) is 0 Å². The molecule has 104 valence electrons. The summed E-state index contributed by atoms with van der Waals surface area (Å²) in [6, 6.07) is 3.90. The van der Waals surface area contributed by atoms with Gasteiger partial charge in [-0.05, 0) is 25.5 Å². The third-order valence-electron chi connectivity index (χ3n) is 2.70. The van der Waals surface area contributed by atoms with Crippen LogP contribution in [0.5, 0.6) is 0 Å². The van der Waals surface area contributed by atoms with Crippen molar-refractivity contribution in [2.75, 3.05) is 25.0 Å². The molecule has 2 amide bonds. The molecular formula is C12H17N3O4. The Morgan fingerprint density at radius 3 is 2.68 bits per heavy atom. The van der Waals surface area contributed by atoms with E-state index in [1.807, 2.05) is 0 Å². The summed E-state index contributed by atoms with van der Waals surface area (Å²) in [5.74, 6) is 0. The first kappa shape index (κ1) is 14.9. The van der Waals surface area contributed by atoms with Crippen molar-refractivity contribution in [3.05, 3.63) is 33.9 Å². The summed E-state index contributed by atoms with van der Waals surface area (Å²) in [6.45, 7) is 4.09. The van der Waals surface area contributed by atoms with Crippen molar-refractivity contribution >= 4 is 17.4 Å². The fourth-order valence-corrected chi connectivity index (χ4v) is 1.62. The van der Waals surface area contributed by atoms with Crippen LogP contribution in [0.4, 0.5) is 16.2 Å². The predicted octanol–water partition coefficient (Wildman–Crippen LogP) is 1.75. The summed E-state index contributed by atoms with van der Waals surface area (Å²) in [4.78, 5) is 23.4. The number of hydrogen-bond donors (Lipinski definition) is 2. The maximum atomic E-state index is 11.9. The van der Waals surface area contributed by atoms with Crippen LogP contribution >= 0.6 is 0 Å². The molecule has 1 aromatic rings. The van der Waals surface area contributed by atoms with Gasteiger partial charge in [0.1, 0.15) is 0 Å². The monoisotopic (exact) mass is 267 g/mol. The minimum atomic E-state index is -0.483. The third kappa shape index (κ3) is 3.92. The molecule has 0 saturated carbocycles. The molecule has 0 atom stereocenters. The molecule has 0 unspecified atom stereocenters. The van der Waals surface area contributed by atoms with E-state index in [9.17, 15) is 14.9 Å². The van der Waals surface area contributed by atoms with Crippen molar-refractivity contribution in [1.82, 2.24) is 4.90 Å². The largest absolute Gasteiger partial charge is 0.395 e. The number of nitro groups is 1. The normalized spacial score (nSPS) is 10.1. The van der Waals surface area contributed by atoms with Crippen LogP contribution in [0.2, 0.25) is 0 Å². The summed E-state index contributed by atoms with van der Waals surface area (Å²) in [5.41, 5.74) is 1.12. The van der Waals surface area contributed by atoms with Gasteiger partial charge in [-0.2, -0.15) is 0 Å². The zero-order valence-corrected chi connectivity index (χ0v) is 10.9. The molecule has 7 heteroatoms. The van der Waals surface area contributed by atoms with E-state index in [4.69, 9.17) is 5.11 Å². The average molecular weight is 267 g/mol. The number of carbonyl (C=O) groups is 1. The highest BCUT2D eigenvalue weighted by Crippen LogP contribution is 2.21. The van der Waals surface area contributed by atoms with Crippen LogP contribution in [0.3, 0.4) is 0 Å². The van der Waals surface area contributed by atoms with Gasteiger partial charge in [-0.1, -0.05) is 0 Å². The van der Waals surface area contributed by atoms with Crippen molar-refractivity contribution in [3.63, 3.8) is 0 Å². The van der Waals surface area contributed by atoms with Crippen LogP contribution in [-0.2, 0) is 0 Å². The van der Waals surface area contributed by atoms with Crippen LogP contribution < -0.4 is 5.32 Å². The number of nitrogens with one attached hydrogen (secondary N) is 1. The Hall–Kier alpha value is -2.15. The molecule has 1 rings (SSSR count). The van der Waals surface area contributed by atoms with Crippen molar-refractivity contribution in [3.8, 4) is 0 Å². The number of benzene rings is 1. The Bertz CT molecular complexity index is 476. The summed E-state index contributed by atoms with van der Waals surface area (Å²) in [7, 11) is 0. The maximum absolute atomic E-state index is 11.9. The summed E-state index contributed by atoms with van der Waals surface area (Å²) < 4.78 is 0. The van der Waals surface area contributed by atoms with Crippen LogP contribution in [0.25, 0.3) is 0 Å². The van der Waals surface area contributed by atoms with Crippen molar-refractivity contribution in [1.29, 1.82) is 0 Å². The number of hydrogen-bond acceptors (Lipinski definition) is 4. The second kappa shape index (κ2) is 6.69. The van der Waals surface area contributed by atoms with Gasteiger partial charge < -0.3 is 15.3 Å². The number of non-ortho nitro benzene ring substituents is 1. The fraction of sp³-hybridized carbons (Fsp3) is 0.417. The first-order valence-corrected chi connectivity index (χ1v) is 5.91. The molecule has 0 aliphatic rings. The molecule has 0 heterocycles. The molecule has 0 spiro atoms. The average Bonchev–Trinajstić information content (AvgIpc) is 2.37. The number of nitrogens with zero attached hydrogens (tertiary/aromatic N) is 2. The highest BCUT2D eigenvalue weighted by Gasteiger charge is 2.13. The number of aryl methyl sites for hydroxylation is 1. The third-order valence-corrected chi connectivity index (χ3v) is 2.70. The molecule has 0 aromatic heterocycles. The number of carbonyl (C=O) groups excluding carboxylic acids is 1. The van der Waals surface area contributed by atoms with E-state index in [0.717, 1.165) is 0 Å². The maximum Gasteiger partial charge on any atom is 0.321 e. The van der Waals surface area contributed by atoms with Gasteiger partial charge in [0.05, 0.1) is 11.5 Å². The van der Waals surface area contributed by atoms with Gasteiger partial charge >= 0.3 is 6.03 Å². The molecule has 0 radical (unpaired) electrons. The molecule has 0 bridgehead atoms. The molecule has 0 saturated heterocycles. The smallest absolute Gasteiger partial charge is 0.321 e. The van der Waals surface area contributed by atoms with Crippen molar-refractivity contribution in [2.24, 2.45) is 0 Å². The number of likely N-dealkylation sites (N-methyl/N-ethyl adjacent to an activating group) is 1. The molecule has 2 N–H and O–H groups in total. The Balaban J connectivity index is 2.82. The number of nitro benzene ring substituents is 1. The summed E-state index contributed by atoms with van der Waals surface area (Å²) >= 11 is 0. The van der Waals surface area contributed by atoms with E-state index >= 15 is 0 Å². The molecule has 1 aromatic carbocycles. The number of aliphatic hydroxyl groups excluding tert-OH is 1. The van der Waals surface area contributed by atoms with Gasteiger partial charge in [-0.15, -0.1) is 0 Å². The molecule has 0 fully saturated rings. The van der Waals surface area contributed by atoms with Gasteiger partial charge in [0.2, 0.25) is 0 Å². The van der Waals surface area contributed by atoms with Gasteiger partial charge in [0.25, 0.3) is 5.69 Å². The second-order valence-electron chi connectivity index (χ2n) is 3.99. The molecule has 7 nitrogen and oxygen atoms in total.